The number of nitrogens with zero attached hydrogens (tertiary/aromatic N) is 3. The van der Waals surface area contributed by atoms with Crippen LogP contribution in [0.1, 0.15) is 80.2 Å². The number of para-hydroxylation sites is 1. The zero-order valence-electron chi connectivity index (χ0n) is 31.7. The van der Waals surface area contributed by atoms with Crippen molar-refractivity contribution in [2.75, 3.05) is 38.7 Å². The fourth-order valence-corrected chi connectivity index (χ4v) is 6.74. The first-order valence-electron chi connectivity index (χ1n) is 18.9. The summed E-state index contributed by atoms with van der Waals surface area (Å²) in [4.78, 5) is 62.4. The summed E-state index contributed by atoms with van der Waals surface area (Å²) in [5.41, 5.74) is 3.19. The minimum Gasteiger partial charge on any atom is -0.497 e. The number of nitrogens with one attached hydrogen (secondary N) is 1. The second-order valence-electron chi connectivity index (χ2n) is 13.6. The molecule has 55 heavy (non-hydrogen) atoms. The number of carbonyl (C=O) groups excluding carboxylic acids is 3. The van der Waals surface area contributed by atoms with E-state index in [1.54, 1.807) is 48.5 Å². The number of anilines is 1. The molecule has 3 atom stereocenters. The van der Waals surface area contributed by atoms with E-state index in [1.807, 2.05) is 60.7 Å². The van der Waals surface area contributed by atoms with Crippen LogP contribution in [0.15, 0.2) is 114 Å². The number of carboxylic acid groups (broad SMARTS) is 1. The van der Waals surface area contributed by atoms with E-state index in [2.05, 4.69) is 24.1 Å². The highest BCUT2D eigenvalue weighted by Gasteiger charge is 2.41. The van der Waals surface area contributed by atoms with Crippen molar-refractivity contribution in [3.05, 3.63) is 131 Å². The van der Waals surface area contributed by atoms with Gasteiger partial charge in [0.2, 0.25) is 11.8 Å². The number of imide groups is 1. The molecule has 0 radical (unpaired) electrons. The molecule has 0 aromatic heterocycles. The summed E-state index contributed by atoms with van der Waals surface area (Å²) in [6, 6.07) is 30.1. The van der Waals surface area contributed by atoms with Crippen molar-refractivity contribution in [3.63, 3.8) is 0 Å². The van der Waals surface area contributed by atoms with Crippen LogP contribution in [0.25, 0.3) is 0 Å². The van der Waals surface area contributed by atoms with Gasteiger partial charge in [0.1, 0.15) is 18.4 Å². The van der Waals surface area contributed by atoms with Gasteiger partial charge in [0, 0.05) is 23.5 Å². The van der Waals surface area contributed by atoms with Crippen LogP contribution < -0.4 is 10.1 Å². The molecule has 0 spiro atoms. The van der Waals surface area contributed by atoms with Crippen molar-refractivity contribution < 1.29 is 33.8 Å². The molecule has 1 aliphatic rings. The average molecular weight is 747 g/mol. The number of carbonyl (C=O) groups is 4. The molecule has 11 heteroatoms. The molecule has 1 fully saturated rings. The third-order valence-corrected chi connectivity index (χ3v) is 9.69. The first-order valence-corrected chi connectivity index (χ1v) is 18.9. The van der Waals surface area contributed by atoms with Gasteiger partial charge in [-0.25, -0.2) is 14.5 Å². The zero-order valence-corrected chi connectivity index (χ0v) is 31.7. The fraction of sp³-hybridized carbons (Fsp3) is 0.341. The number of aliphatic imine (C=N–C) groups is 1. The lowest BCUT2D eigenvalue weighted by atomic mass is 9.87. The van der Waals surface area contributed by atoms with E-state index < -0.39 is 36.0 Å². The number of benzene rings is 4. The highest BCUT2D eigenvalue weighted by atomic mass is 16.6. The lowest BCUT2D eigenvalue weighted by Crippen LogP contribution is -2.38. The van der Waals surface area contributed by atoms with Crippen molar-refractivity contribution >= 4 is 35.3 Å². The van der Waals surface area contributed by atoms with Crippen molar-refractivity contribution in [2.45, 2.75) is 64.0 Å². The van der Waals surface area contributed by atoms with E-state index in [-0.39, 0.29) is 25.5 Å². The topological polar surface area (TPSA) is 138 Å². The largest absolute Gasteiger partial charge is 0.497 e. The number of hydrogen-bond donors (Lipinski definition) is 2. The molecule has 0 aliphatic carbocycles. The number of cyclic esters (lactones) is 1. The van der Waals surface area contributed by atoms with E-state index in [9.17, 15) is 24.3 Å². The monoisotopic (exact) mass is 746 g/mol. The second kappa shape index (κ2) is 20.0. The van der Waals surface area contributed by atoms with Crippen LogP contribution >= 0.6 is 0 Å². The van der Waals surface area contributed by atoms with E-state index in [1.165, 1.54) is 7.11 Å². The minimum absolute atomic E-state index is 0.0159. The van der Waals surface area contributed by atoms with Gasteiger partial charge in [-0.1, -0.05) is 118 Å². The molecule has 0 unspecified atom stereocenters. The molecule has 5 rings (SSSR count). The molecule has 3 amide bonds. The third kappa shape index (κ3) is 10.7. The number of ether oxygens (including phenoxy) is 2. The zero-order chi connectivity index (χ0) is 39.2. The van der Waals surface area contributed by atoms with Gasteiger partial charge < -0.3 is 19.9 Å². The van der Waals surface area contributed by atoms with Gasteiger partial charge in [-0.3, -0.25) is 19.5 Å². The normalized spacial score (nSPS) is 15.3. The number of aliphatic carboxylic acids is 1. The Labute approximate surface area is 323 Å². The number of carboxylic acids is 1. The Balaban J connectivity index is 1.56. The highest BCUT2D eigenvalue weighted by molar-refractivity contribution is 6.17. The van der Waals surface area contributed by atoms with Gasteiger partial charge in [-0.05, 0) is 55.3 Å². The van der Waals surface area contributed by atoms with Gasteiger partial charge in [-0.2, -0.15) is 0 Å². The predicted molar refractivity (Wildman–Crippen MR) is 213 cm³/mol. The molecule has 1 aliphatic heterocycles. The number of amides is 3. The summed E-state index contributed by atoms with van der Waals surface area (Å²) in [6.45, 7) is 6.08. The van der Waals surface area contributed by atoms with Gasteiger partial charge in [0.15, 0.2) is 6.04 Å². The van der Waals surface area contributed by atoms with E-state index >= 15 is 0 Å². The number of rotatable bonds is 19. The maximum atomic E-state index is 14.2. The Kier molecular flexibility index (Phi) is 14.7. The van der Waals surface area contributed by atoms with Crippen molar-refractivity contribution in [3.8, 4) is 5.75 Å². The maximum absolute atomic E-state index is 14.2. The Morgan fingerprint density at radius 3 is 2.13 bits per heavy atom. The first kappa shape index (κ1) is 40.4. The van der Waals surface area contributed by atoms with E-state index in [0.717, 1.165) is 49.2 Å². The van der Waals surface area contributed by atoms with Crippen molar-refractivity contribution in [1.82, 2.24) is 9.80 Å². The first-order chi connectivity index (χ1) is 26.7. The Bertz CT molecular complexity index is 1910. The van der Waals surface area contributed by atoms with Crippen LogP contribution in [0, 0.1) is 0 Å². The molecule has 1 saturated heterocycles. The molecule has 1 heterocycles. The number of unbranched alkanes of at least 4 members (excludes halogenated alkanes) is 2. The smallest absolute Gasteiger partial charge is 0.417 e. The quantitative estimate of drug-likeness (QED) is 0.0931. The van der Waals surface area contributed by atoms with Crippen LogP contribution in [0.4, 0.5) is 10.5 Å². The summed E-state index contributed by atoms with van der Waals surface area (Å²) in [5.74, 6) is -2.52. The molecule has 11 nitrogen and oxygen atoms in total. The molecule has 4 aromatic carbocycles. The summed E-state index contributed by atoms with van der Waals surface area (Å²) < 4.78 is 10.7. The molecule has 2 N–H and O–H groups in total. The summed E-state index contributed by atoms with van der Waals surface area (Å²) >= 11 is 0. The van der Waals surface area contributed by atoms with Crippen LogP contribution in [-0.2, 0) is 19.1 Å². The van der Waals surface area contributed by atoms with Gasteiger partial charge in [0.05, 0.1) is 25.1 Å². The number of methoxy groups -OCH3 is 1. The maximum Gasteiger partial charge on any atom is 0.417 e. The van der Waals surface area contributed by atoms with Crippen LogP contribution in [0.2, 0.25) is 0 Å². The summed E-state index contributed by atoms with van der Waals surface area (Å²) in [5, 5.41) is 14.0. The standard InChI is InChI=1S/C44H50N4O7/c1-4-6-26-47(27-7-5-2)29-39(49)45-37-21-15-14-20-35(37)41(33-18-12-9-13-19-33)46-42(43(51)52)36(31-22-24-34(54-3)25-23-31)28-40(50)48-38(30-55-44(48)53)32-16-10-8-11-17-32/h8-25,36,38,42H,4-7,26-30H2,1-3H3,(H,45,49)(H,51,52)/t36-,38+,42+/m1/s1. The summed E-state index contributed by atoms with van der Waals surface area (Å²) in [7, 11) is 1.53. The van der Waals surface area contributed by atoms with Gasteiger partial charge in [-0.15, -0.1) is 0 Å². The lowest BCUT2D eigenvalue weighted by molar-refractivity contribution is -0.139. The van der Waals surface area contributed by atoms with Crippen LogP contribution in [0.3, 0.4) is 0 Å². The molecular weight excluding hydrogens is 697 g/mol. The molecule has 4 aromatic rings. The Hall–Kier alpha value is -5.81. The van der Waals surface area contributed by atoms with Crippen LogP contribution in [0.5, 0.6) is 5.75 Å². The predicted octanol–water partition coefficient (Wildman–Crippen LogP) is 7.72. The molecule has 288 valence electrons. The molecular formula is C44H50N4O7. The van der Waals surface area contributed by atoms with Gasteiger partial charge >= 0.3 is 12.1 Å². The summed E-state index contributed by atoms with van der Waals surface area (Å²) in [6.07, 6.45) is 2.86. The Morgan fingerprint density at radius 1 is 0.891 bits per heavy atom. The lowest BCUT2D eigenvalue weighted by Gasteiger charge is -2.26. The third-order valence-electron chi connectivity index (χ3n) is 9.69. The van der Waals surface area contributed by atoms with Crippen molar-refractivity contribution in [2.24, 2.45) is 4.99 Å². The Morgan fingerprint density at radius 2 is 1.51 bits per heavy atom. The average Bonchev–Trinajstić information content (AvgIpc) is 3.60. The molecule has 0 saturated carbocycles. The highest BCUT2D eigenvalue weighted by Crippen LogP contribution is 2.34. The molecule has 0 bridgehead atoms. The van der Waals surface area contributed by atoms with Crippen LogP contribution in [-0.4, -0.2) is 83.9 Å². The number of hydrogen-bond acceptors (Lipinski definition) is 8. The van der Waals surface area contributed by atoms with E-state index in [0.29, 0.717) is 33.8 Å². The van der Waals surface area contributed by atoms with E-state index in [4.69, 9.17) is 14.5 Å². The van der Waals surface area contributed by atoms with Gasteiger partial charge in [0.25, 0.3) is 0 Å². The second-order valence-corrected chi connectivity index (χ2v) is 13.6. The minimum atomic E-state index is -1.50. The fourth-order valence-electron chi connectivity index (χ4n) is 6.74. The van der Waals surface area contributed by atoms with Crippen molar-refractivity contribution in [1.29, 1.82) is 0 Å². The SMILES string of the molecule is CCCCN(CCCC)CC(=O)Nc1ccccc1C(=N[C@H](C(=O)O)[C@H](CC(=O)N1C(=O)OC[C@H]1c1ccccc1)c1ccc(OC)cc1)c1ccccc1.